The van der Waals surface area contributed by atoms with Gasteiger partial charge in [0.1, 0.15) is 5.75 Å². The molecule has 0 aliphatic heterocycles. The van der Waals surface area contributed by atoms with Gasteiger partial charge in [-0.2, -0.15) is 0 Å². The summed E-state index contributed by atoms with van der Waals surface area (Å²) in [6.45, 7) is 5.20. The van der Waals surface area contributed by atoms with Gasteiger partial charge in [0.2, 0.25) is 5.91 Å². The van der Waals surface area contributed by atoms with Crippen molar-refractivity contribution in [3.8, 4) is 5.75 Å². The molecule has 41 heavy (non-hydrogen) atoms. The molecule has 1 aromatic rings. The summed E-state index contributed by atoms with van der Waals surface area (Å²) in [5, 5.41) is 43.8. The molecule has 12 nitrogen and oxygen atoms in total. The summed E-state index contributed by atoms with van der Waals surface area (Å²) in [5.41, 5.74) is 2.03. The number of carboxylic acids is 1. The number of ketones is 4. The van der Waals surface area contributed by atoms with Crippen LogP contribution in [0.2, 0.25) is 0 Å². The van der Waals surface area contributed by atoms with Crippen molar-refractivity contribution in [2.75, 3.05) is 14.1 Å². The van der Waals surface area contributed by atoms with Gasteiger partial charge in [-0.1, -0.05) is 32.9 Å². The highest BCUT2D eigenvalue weighted by Crippen LogP contribution is 2.55. The normalized spacial score (nSPS) is 33.3. The Kier molecular flexibility index (Phi) is 7.51. The van der Waals surface area contributed by atoms with Crippen molar-refractivity contribution in [1.29, 1.82) is 0 Å². The lowest BCUT2D eigenvalue weighted by Crippen LogP contribution is -2.77. The maximum absolute atomic E-state index is 14.1. The van der Waals surface area contributed by atoms with Crippen LogP contribution < -0.4 is 5.73 Å². The van der Waals surface area contributed by atoms with Crippen LogP contribution in [0.5, 0.6) is 5.75 Å². The van der Waals surface area contributed by atoms with Gasteiger partial charge in [-0.25, -0.2) is 0 Å². The highest BCUT2D eigenvalue weighted by molar-refractivity contribution is 6.32. The van der Waals surface area contributed by atoms with Crippen LogP contribution in [0.25, 0.3) is 0 Å². The van der Waals surface area contributed by atoms with E-state index in [1.165, 1.54) is 19.0 Å². The van der Waals surface area contributed by atoms with Gasteiger partial charge in [0.15, 0.2) is 34.7 Å². The largest absolute Gasteiger partial charge is 0.507 e. The number of benzene rings is 1. The number of carboxylic acid groups (broad SMARTS) is 1. The lowest BCUT2D eigenvalue weighted by molar-refractivity contribution is -0.196. The number of carbonyl (C=O) groups is 6. The fourth-order valence-electron chi connectivity index (χ4n) is 7.35. The van der Waals surface area contributed by atoms with E-state index in [9.17, 15) is 44.1 Å². The van der Waals surface area contributed by atoms with Crippen LogP contribution in [0.3, 0.4) is 0 Å². The van der Waals surface area contributed by atoms with E-state index in [0.29, 0.717) is 24.0 Å². The molecule has 0 spiro atoms. The molecule has 2 fully saturated rings. The van der Waals surface area contributed by atoms with Gasteiger partial charge in [-0.05, 0) is 43.8 Å². The minimum absolute atomic E-state index is 0.0856. The van der Waals surface area contributed by atoms with E-state index in [1.54, 1.807) is 32.9 Å². The summed E-state index contributed by atoms with van der Waals surface area (Å²) in [6, 6.07) is 1.81. The standard InChI is InChI=1S/C29H36N2O10/c1-11-12-8-9-13(28(2,3)10-6-7-14(32)33)21(34)16(12)22(35)17-15(11)23(36)19-20(31(4)5)24(37)18(27(30)40)26(39)29(19,41)25(17)38/h8-9,11,15,17-20,23,34,36,41H,6-7,10H2,1-5H3,(H2,30,40)(H,32,33)/t11-,15+,17?,18?,19+,20-,23-,29-/m1/s1. The fraction of sp³-hybridized carbons (Fsp3) is 0.586. The zero-order valence-electron chi connectivity index (χ0n) is 23.6. The number of nitrogens with zero attached hydrogens (tertiary/aromatic N) is 1. The van der Waals surface area contributed by atoms with Crippen LogP contribution >= 0.6 is 0 Å². The second-order valence-corrected chi connectivity index (χ2v) is 12.4. The summed E-state index contributed by atoms with van der Waals surface area (Å²) in [5.74, 6) is -14.7. The van der Waals surface area contributed by atoms with Crippen molar-refractivity contribution >= 4 is 35.0 Å². The first-order valence-corrected chi connectivity index (χ1v) is 13.5. The van der Waals surface area contributed by atoms with E-state index in [4.69, 9.17) is 10.8 Å². The molecule has 0 aromatic heterocycles. The Morgan fingerprint density at radius 1 is 1.10 bits per heavy atom. The molecule has 3 aliphatic rings. The van der Waals surface area contributed by atoms with Gasteiger partial charge in [0.05, 0.1) is 29.5 Å². The number of phenolic OH excluding ortho intramolecular Hbond substituents is 1. The predicted octanol–water partition coefficient (Wildman–Crippen LogP) is -0.0687. The monoisotopic (exact) mass is 572 g/mol. The molecule has 12 heteroatoms. The number of aromatic hydroxyl groups is 1. The lowest BCUT2D eigenvalue weighted by Gasteiger charge is -2.56. The number of rotatable bonds is 7. The molecule has 2 saturated carbocycles. The third kappa shape index (κ3) is 4.31. The molecule has 1 amide bonds. The van der Waals surface area contributed by atoms with Gasteiger partial charge in [-0.15, -0.1) is 0 Å². The smallest absolute Gasteiger partial charge is 0.303 e. The summed E-state index contributed by atoms with van der Waals surface area (Å²) >= 11 is 0. The first-order chi connectivity index (χ1) is 18.9. The van der Waals surface area contributed by atoms with Crippen LogP contribution in [0.4, 0.5) is 0 Å². The van der Waals surface area contributed by atoms with Gasteiger partial charge in [-0.3, -0.25) is 33.7 Å². The second kappa shape index (κ2) is 10.1. The quantitative estimate of drug-likeness (QED) is 0.273. The number of carbonyl (C=O) groups excluding carboxylic acids is 5. The van der Waals surface area contributed by atoms with E-state index in [1.807, 2.05) is 0 Å². The van der Waals surface area contributed by atoms with E-state index in [2.05, 4.69) is 0 Å². The third-order valence-corrected chi connectivity index (χ3v) is 9.41. The average molecular weight is 573 g/mol. The molecular weight excluding hydrogens is 536 g/mol. The van der Waals surface area contributed by atoms with E-state index < -0.39 is 93.5 Å². The molecular formula is C29H36N2O10. The first-order valence-electron chi connectivity index (χ1n) is 13.5. The summed E-state index contributed by atoms with van der Waals surface area (Å²) in [4.78, 5) is 79.2. The average Bonchev–Trinajstić information content (AvgIpc) is 2.85. The molecule has 8 atom stereocenters. The van der Waals surface area contributed by atoms with Crippen LogP contribution in [0.1, 0.15) is 67.4 Å². The molecule has 0 bridgehead atoms. The lowest BCUT2D eigenvalue weighted by atomic mass is 9.49. The summed E-state index contributed by atoms with van der Waals surface area (Å²) in [7, 11) is 2.87. The van der Waals surface area contributed by atoms with E-state index in [-0.39, 0.29) is 12.0 Å². The summed E-state index contributed by atoms with van der Waals surface area (Å²) < 4.78 is 0. The number of hydrogen-bond donors (Lipinski definition) is 5. The molecule has 2 unspecified atom stereocenters. The highest BCUT2D eigenvalue weighted by atomic mass is 16.4. The van der Waals surface area contributed by atoms with Crippen LogP contribution in [-0.2, 0) is 29.4 Å². The van der Waals surface area contributed by atoms with Gasteiger partial charge in [0.25, 0.3) is 0 Å². The fourth-order valence-corrected chi connectivity index (χ4v) is 7.35. The van der Waals surface area contributed by atoms with Crippen LogP contribution in [-0.4, -0.2) is 92.2 Å². The number of aliphatic hydroxyl groups excluding tert-OH is 1. The van der Waals surface area contributed by atoms with Crippen molar-refractivity contribution in [2.24, 2.45) is 29.4 Å². The number of aliphatic hydroxyl groups is 2. The molecule has 222 valence electrons. The molecule has 0 radical (unpaired) electrons. The van der Waals surface area contributed by atoms with Crippen molar-refractivity contribution in [1.82, 2.24) is 4.90 Å². The number of hydrogen-bond acceptors (Lipinski definition) is 10. The van der Waals surface area contributed by atoms with Crippen molar-refractivity contribution in [3.63, 3.8) is 0 Å². The van der Waals surface area contributed by atoms with Crippen molar-refractivity contribution in [3.05, 3.63) is 28.8 Å². The molecule has 0 heterocycles. The van der Waals surface area contributed by atoms with Gasteiger partial charge in [0, 0.05) is 17.9 Å². The Hall–Kier alpha value is -3.48. The molecule has 4 rings (SSSR count). The third-order valence-electron chi connectivity index (χ3n) is 9.41. The molecule has 6 N–H and O–H groups in total. The van der Waals surface area contributed by atoms with E-state index in [0.717, 1.165) is 0 Å². The zero-order valence-corrected chi connectivity index (χ0v) is 23.6. The van der Waals surface area contributed by atoms with Crippen molar-refractivity contribution < 1.29 is 49.2 Å². The number of nitrogens with two attached hydrogens (primary N) is 1. The summed E-state index contributed by atoms with van der Waals surface area (Å²) in [6.07, 6.45) is -1.11. The van der Waals surface area contributed by atoms with Crippen LogP contribution in [0, 0.1) is 23.7 Å². The molecule has 1 aromatic carbocycles. The number of primary amides is 1. The SMILES string of the molecule is C[C@@H]1c2ccc(C(C)(C)CCCC(=O)O)c(O)c2C(=O)C2C(=O)[C@@]3(O)C(=O)C(C(N)=O)C(=O)[C@H](N(C)C)[C@H]3[C@H](O)[C@H]21. The number of Topliss-reactive ketones (excluding diaryl/α,β-unsaturated/α-hetero) is 4. The Labute approximate surface area is 236 Å². The van der Waals surface area contributed by atoms with E-state index >= 15 is 0 Å². The van der Waals surface area contributed by atoms with Gasteiger partial charge < -0.3 is 26.2 Å². The Morgan fingerprint density at radius 2 is 1.71 bits per heavy atom. The molecule has 3 aliphatic carbocycles. The number of phenols is 1. The zero-order chi connectivity index (χ0) is 30.9. The second-order valence-electron chi connectivity index (χ2n) is 12.4. The molecule has 0 saturated heterocycles. The highest BCUT2D eigenvalue weighted by Gasteiger charge is 2.72. The number of amides is 1. The van der Waals surface area contributed by atoms with Crippen molar-refractivity contribution in [2.45, 2.75) is 69.1 Å². The Bertz CT molecular complexity index is 1370. The Morgan fingerprint density at radius 3 is 2.24 bits per heavy atom. The minimum Gasteiger partial charge on any atom is -0.507 e. The van der Waals surface area contributed by atoms with Crippen LogP contribution in [0.15, 0.2) is 12.1 Å². The predicted molar refractivity (Wildman–Crippen MR) is 142 cm³/mol. The maximum atomic E-state index is 14.1. The first kappa shape index (κ1) is 30.5. The number of aliphatic carboxylic acids is 1. The number of fused-ring (bicyclic) bond motifs is 3. The minimum atomic E-state index is -3.06. The van der Waals surface area contributed by atoms with Gasteiger partial charge >= 0.3 is 5.97 Å². The number of likely N-dealkylation sites (N-methyl/N-ethyl adjacent to an activating group) is 1. The maximum Gasteiger partial charge on any atom is 0.303 e. The Balaban J connectivity index is 1.86. The topological polar surface area (TPSA) is 213 Å².